The maximum atomic E-state index is 12.2. The second-order valence-corrected chi connectivity index (χ2v) is 5.73. The summed E-state index contributed by atoms with van der Waals surface area (Å²) in [6.07, 6.45) is 1.34. The van der Waals surface area contributed by atoms with Crippen LogP contribution >= 0.6 is 12.2 Å². The Bertz CT molecular complexity index is 900. The van der Waals surface area contributed by atoms with Crippen molar-refractivity contribution in [3.63, 3.8) is 0 Å². The molecule has 1 aliphatic heterocycles. The van der Waals surface area contributed by atoms with E-state index >= 15 is 0 Å². The third-order valence-corrected chi connectivity index (χ3v) is 4.05. The van der Waals surface area contributed by atoms with E-state index in [1.807, 2.05) is 0 Å². The van der Waals surface area contributed by atoms with E-state index < -0.39 is 5.56 Å². The van der Waals surface area contributed by atoms with E-state index in [-0.39, 0.29) is 16.2 Å². The molecule has 0 saturated carbocycles. The smallest absolute Gasteiger partial charge is 0.264 e. The molecule has 1 saturated heterocycles. The van der Waals surface area contributed by atoms with Crippen molar-refractivity contribution in [3.05, 3.63) is 45.0 Å². The van der Waals surface area contributed by atoms with Crippen LogP contribution in [0.1, 0.15) is 5.56 Å². The van der Waals surface area contributed by atoms with E-state index in [2.05, 4.69) is 10.1 Å². The van der Waals surface area contributed by atoms with Crippen molar-refractivity contribution in [1.82, 2.24) is 14.6 Å². The lowest BCUT2D eigenvalue weighted by molar-refractivity contribution is 0.0396. The van der Waals surface area contributed by atoms with Gasteiger partial charge in [-0.25, -0.2) is 0 Å². The van der Waals surface area contributed by atoms with E-state index in [1.165, 1.54) is 10.8 Å². The number of aromatic nitrogens is 2. The minimum atomic E-state index is -0.501. The van der Waals surface area contributed by atoms with Gasteiger partial charge >= 0.3 is 0 Å². The Balaban J connectivity index is 2.04. The summed E-state index contributed by atoms with van der Waals surface area (Å²) < 4.78 is 11.9. The molecule has 0 unspecified atom stereocenters. The fourth-order valence-corrected chi connectivity index (χ4v) is 2.74. The maximum absolute atomic E-state index is 12.2. The van der Waals surface area contributed by atoms with Crippen LogP contribution in [0.25, 0.3) is 5.69 Å². The topological polar surface area (TPSA) is 92.1 Å². The number of hydrogen-bond acceptors (Lipinski definition) is 7. The van der Waals surface area contributed by atoms with Crippen molar-refractivity contribution in [3.8, 4) is 17.3 Å². The quantitative estimate of drug-likeness (QED) is 0.629. The average molecular weight is 362 g/mol. The molecule has 9 heteroatoms. The summed E-state index contributed by atoms with van der Waals surface area (Å²) in [4.78, 5) is 14.7. The summed E-state index contributed by atoms with van der Waals surface area (Å²) in [6.45, 7) is 2.41. The highest BCUT2D eigenvalue weighted by Crippen LogP contribution is 2.22. The second-order valence-electron chi connectivity index (χ2n) is 5.34. The fraction of sp³-hybridized carbons (Fsp3) is 0.312. The molecular weight excluding hydrogens is 344 g/mol. The number of rotatable bonds is 4. The van der Waals surface area contributed by atoms with Gasteiger partial charge in [-0.15, -0.1) is 0 Å². The van der Waals surface area contributed by atoms with Crippen molar-refractivity contribution in [2.45, 2.75) is 0 Å². The fourth-order valence-electron chi connectivity index (χ4n) is 2.45. The molecule has 25 heavy (non-hydrogen) atoms. The van der Waals surface area contributed by atoms with Crippen LogP contribution in [0.4, 0.5) is 0 Å². The first-order chi connectivity index (χ1) is 12.1. The Morgan fingerprint density at radius 3 is 2.88 bits per heavy atom. The summed E-state index contributed by atoms with van der Waals surface area (Å²) >= 11 is 5.19. The van der Waals surface area contributed by atoms with Gasteiger partial charge in [0.25, 0.3) is 5.56 Å². The molecule has 8 nitrogen and oxygen atoms in total. The second kappa shape index (κ2) is 7.49. The van der Waals surface area contributed by atoms with Gasteiger partial charge in [-0.1, -0.05) is 6.07 Å². The molecular formula is C16H18N4O4S. The number of hydrazone groups is 1. The van der Waals surface area contributed by atoms with E-state index in [1.54, 1.807) is 36.4 Å². The van der Waals surface area contributed by atoms with E-state index in [0.29, 0.717) is 37.7 Å². The molecule has 0 amide bonds. The predicted octanol–water partition coefficient (Wildman–Crippen LogP) is 1.28. The first kappa shape index (κ1) is 17.2. The van der Waals surface area contributed by atoms with Crippen molar-refractivity contribution < 1.29 is 14.6 Å². The van der Waals surface area contributed by atoms with Gasteiger partial charge in [0, 0.05) is 6.07 Å². The van der Waals surface area contributed by atoms with Crippen LogP contribution in [0.15, 0.2) is 34.2 Å². The van der Waals surface area contributed by atoms with Gasteiger partial charge in [0.1, 0.15) is 11.3 Å². The van der Waals surface area contributed by atoms with Crippen LogP contribution in [0.5, 0.6) is 11.6 Å². The van der Waals surface area contributed by atoms with E-state index in [4.69, 9.17) is 21.7 Å². The van der Waals surface area contributed by atoms with Gasteiger partial charge < -0.3 is 14.6 Å². The van der Waals surface area contributed by atoms with Crippen molar-refractivity contribution in [1.29, 1.82) is 0 Å². The standard InChI is InChI=1S/C16H18N4O4S/c1-23-12-4-2-3-11(9-12)20-15(22)13(14(21)18-16(20)25)10-17-19-5-7-24-8-6-19/h2-4,9-10,22H,5-8H2,1H3,(H,18,21,25). The van der Waals surface area contributed by atoms with Crippen LogP contribution in [0, 0.1) is 4.77 Å². The first-order valence-corrected chi connectivity index (χ1v) is 8.10. The van der Waals surface area contributed by atoms with Gasteiger partial charge in [0.15, 0.2) is 4.77 Å². The Morgan fingerprint density at radius 1 is 1.40 bits per heavy atom. The van der Waals surface area contributed by atoms with Crippen LogP contribution in [0.3, 0.4) is 0 Å². The lowest BCUT2D eigenvalue weighted by Crippen LogP contribution is -2.32. The molecule has 0 bridgehead atoms. The number of morpholine rings is 1. The maximum Gasteiger partial charge on any atom is 0.264 e. The normalized spacial score (nSPS) is 14.8. The summed E-state index contributed by atoms with van der Waals surface area (Å²) in [5.41, 5.74) is 0.0979. The molecule has 2 N–H and O–H groups in total. The molecule has 1 aromatic carbocycles. The largest absolute Gasteiger partial charge is 0.497 e. The van der Waals surface area contributed by atoms with Gasteiger partial charge in [0.2, 0.25) is 5.88 Å². The SMILES string of the molecule is COc1cccc(-n2c(O)c(C=NN3CCOCC3)c(=O)[nH]c2=S)c1. The van der Waals surface area contributed by atoms with Gasteiger partial charge in [-0.05, 0) is 24.4 Å². The molecule has 2 heterocycles. The Labute approximate surface area is 148 Å². The predicted molar refractivity (Wildman–Crippen MR) is 95.4 cm³/mol. The number of nitrogens with one attached hydrogen (secondary N) is 1. The van der Waals surface area contributed by atoms with Gasteiger partial charge in [-0.3, -0.25) is 19.4 Å². The van der Waals surface area contributed by atoms with Crippen LogP contribution in [0.2, 0.25) is 0 Å². The zero-order valence-electron chi connectivity index (χ0n) is 13.6. The number of methoxy groups -OCH3 is 1. The van der Waals surface area contributed by atoms with Crippen molar-refractivity contribution in [2.75, 3.05) is 33.4 Å². The molecule has 0 atom stereocenters. The zero-order valence-corrected chi connectivity index (χ0v) is 14.5. The molecule has 0 spiro atoms. The number of aromatic amines is 1. The summed E-state index contributed by atoms with van der Waals surface area (Å²) in [7, 11) is 1.55. The van der Waals surface area contributed by atoms with Crippen LogP contribution in [-0.4, -0.2) is 59.3 Å². The number of nitrogens with zero attached hydrogens (tertiary/aromatic N) is 3. The number of ether oxygens (including phenoxy) is 2. The molecule has 0 radical (unpaired) electrons. The molecule has 1 fully saturated rings. The lowest BCUT2D eigenvalue weighted by atomic mass is 10.2. The lowest BCUT2D eigenvalue weighted by Gasteiger charge is -2.23. The van der Waals surface area contributed by atoms with E-state index in [9.17, 15) is 9.90 Å². The summed E-state index contributed by atoms with van der Waals surface area (Å²) in [5.74, 6) is 0.326. The Kier molecular flexibility index (Phi) is 5.15. The minimum Gasteiger partial charge on any atom is -0.497 e. The highest BCUT2D eigenvalue weighted by atomic mass is 32.1. The molecule has 3 rings (SSSR count). The summed E-state index contributed by atoms with van der Waals surface area (Å²) in [6, 6.07) is 6.99. The zero-order chi connectivity index (χ0) is 17.8. The molecule has 132 valence electrons. The van der Waals surface area contributed by atoms with Crippen LogP contribution in [-0.2, 0) is 4.74 Å². The third-order valence-electron chi connectivity index (χ3n) is 3.77. The highest BCUT2D eigenvalue weighted by molar-refractivity contribution is 7.71. The average Bonchev–Trinajstić information content (AvgIpc) is 2.62. The monoisotopic (exact) mass is 362 g/mol. The molecule has 2 aromatic rings. The van der Waals surface area contributed by atoms with Crippen molar-refractivity contribution in [2.24, 2.45) is 5.10 Å². The van der Waals surface area contributed by atoms with E-state index in [0.717, 1.165) is 0 Å². The summed E-state index contributed by atoms with van der Waals surface area (Å²) in [5, 5.41) is 16.6. The van der Waals surface area contributed by atoms with Crippen molar-refractivity contribution >= 4 is 18.4 Å². The molecule has 1 aromatic heterocycles. The van der Waals surface area contributed by atoms with Gasteiger partial charge in [-0.2, -0.15) is 5.10 Å². The van der Waals surface area contributed by atoms with Gasteiger partial charge in [0.05, 0.1) is 45.3 Å². The number of benzene rings is 1. The van der Waals surface area contributed by atoms with Crippen LogP contribution < -0.4 is 10.3 Å². The first-order valence-electron chi connectivity index (χ1n) is 7.69. The number of H-pyrrole nitrogens is 1. The molecule has 0 aliphatic carbocycles. The number of hydrogen-bond donors (Lipinski definition) is 2. The number of aromatic hydroxyl groups is 1. The Hall–Kier alpha value is -2.65. The Morgan fingerprint density at radius 2 is 2.16 bits per heavy atom. The highest BCUT2D eigenvalue weighted by Gasteiger charge is 2.14. The molecule has 1 aliphatic rings. The third kappa shape index (κ3) is 3.72. The minimum absolute atomic E-state index is 0.0305.